The third-order valence-corrected chi connectivity index (χ3v) is 8.13. The summed E-state index contributed by atoms with van der Waals surface area (Å²) in [6, 6.07) is 6.92. The van der Waals surface area contributed by atoms with Crippen LogP contribution in [-0.2, 0) is 25.1 Å². The summed E-state index contributed by atoms with van der Waals surface area (Å²) in [5.74, 6) is 1.08. The first kappa shape index (κ1) is 21.5. The summed E-state index contributed by atoms with van der Waals surface area (Å²) in [7, 11) is -3.38. The third-order valence-electron chi connectivity index (χ3n) is 5.72. The summed E-state index contributed by atoms with van der Waals surface area (Å²) in [6.45, 7) is 8.24. The minimum absolute atomic E-state index is 0.0578. The Morgan fingerprint density at radius 1 is 1.16 bits per heavy atom. The van der Waals surface area contributed by atoms with Crippen LogP contribution in [-0.4, -0.2) is 57.3 Å². The predicted molar refractivity (Wildman–Crippen MR) is 119 cm³/mol. The highest BCUT2D eigenvalue weighted by molar-refractivity contribution is 7.91. The lowest BCUT2D eigenvalue weighted by Gasteiger charge is -2.29. The minimum Gasteiger partial charge on any atom is -0.378 e. The Balaban J connectivity index is 1.75. The Bertz CT molecular complexity index is 1090. The zero-order valence-electron chi connectivity index (χ0n) is 17.9. The number of nitrogens with zero attached hydrogens (tertiary/aromatic N) is 3. The van der Waals surface area contributed by atoms with Crippen molar-refractivity contribution in [3.8, 4) is 11.4 Å². The number of hydrogen-bond acceptors (Lipinski definition) is 7. The molecule has 1 aromatic heterocycles. The third kappa shape index (κ3) is 3.97. The van der Waals surface area contributed by atoms with Gasteiger partial charge in [-0.3, -0.25) is 0 Å². The number of carbonyl (C=O) groups is 1. The molecule has 2 amide bonds. The number of urea groups is 1. The van der Waals surface area contributed by atoms with Crippen LogP contribution in [0.1, 0.15) is 32.0 Å². The van der Waals surface area contributed by atoms with E-state index >= 15 is 0 Å². The number of anilines is 2. The number of rotatable bonds is 4. The fourth-order valence-electron chi connectivity index (χ4n) is 3.83. The zero-order chi connectivity index (χ0) is 22.2. The Morgan fingerprint density at radius 2 is 1.84 bits per heavy atom. The number of sulfone groups is 1. The van der Waals surface area contributed by atoms with Gasteiger partial charge in [-0.2, -0.15) is 0 Å². The van der Waals surface area contributed by atoms with E-state index in [1.807, 2.05) is 19.1 Å². The molecule has 1 saturated heterocycles. The fourth-order valence-corrected chi connectivity index (χ4v) is 5.30. The quantitative estimate of drug-likeness (QED) is 0.742. The van der Waals surface area contributed by atoms with E-state index in [1.165, 1.54) is 0 Å². The molecule has 0 radical (unpaired) electrons. The smallest absolute Gasteiger partial charge is 0.319 e. The van der Waals surface area contributed by atoms with E-state index in [0.717, 1.165) is 5.56 Å². The van der Waals surface area contributed by atoms with Gasteiger partial charge in [0, 0.05) is 36.4 Å². The van der Waals surface area contributed by atoms with Gasteiger partial charge in [0.15, 0.2) is 15.7 Å². The molecule has 0 aliphatic carbocycles. The lowest BCUT2D eigenvalue weighted by molar-refractivity contribution is 0.122. The molecule has 166 valence electrons. The first-order valence-electron chi connectivity index (χ1n) is 10.3. The van der Waals surface area contributed by atoms with E-state index in [4.69, 9.17) is 14.7 Å². The molecule has 1 aromatic carbocycles. The molecule has 2 aliphatic rings. The molecule has 4 rings (SSSR count). The summed E-state index contributed by atoms with van der Waals surface area (Å²) in [5.41, 5.74) is 2.64. The van der Waals surface area contributed by atoms with Gasteiger partial charge in [0.1, 0.15) is 10.6 Å². The normalized spacial score (nSPS) is 19.0. The molecule has 0 spiro atoms. The average Bonchev–Trinajstić information content (AvgIpc) is 2.93. The number of hydrogen-bond donors (Lipinski definition) is 2. The summed E-state index contributed by atoms with van der Waals surface area (Å²) in [6.07, 6.45) is 0. The van der Waals surface area contributed by atoms with Gasteiger partial charge in [-0.05, 0) is 45.0 Å². The first-order valence-corrected chi connectivity index (χ1v) is 12.0. The van der Waals surface area contributed by atoms with Crippen molar-refractivity contribution in [3.05, 3.63) is 35.5 Å². The van der Waals surface area contributed by atoms with Crippen LogP contribution in [0.2, 0.25) is 0 Å². The Hall–Kier alpha value is -2.72. The number of benzene rings is 1. The summed E-state index contributed by atoms with van der Waals surface area (Å²) in [4.78, 5) is 23.3. The predicted octanol–water partition coefficient (Wildman–Crippen LogP) is 2.29. The number of fused-ring (bicyclic) bond motifs is 1. The van der Waals surface area contributed by atoms with Crippen molar-refractivity contribution in [1.29, 1.82) is 0 Å². The van der Waals surface area contributed by atoms with Crippen molar-refractivity contribution in [3.63, 3.8) is 0 Å². The van der Waals surface area contributed by atoms with Gasteiger partial charge < -0.3 is 20.3 Å². The monoisotopic (exact) mass is 445 g/mol. The SMILES string of the molecule is CCNC(=O)Nc1ccc(-c2nc(N3CCOCC3)c3c(n2)C(C)(C)S(=O)(=O)C3)cc1. The molecular weight excluding hydrogens is 418 g/mol. The minimum atomic E-state index is -3.38. The second-order valence-electron chi connectivity index (χ2n) is 8.13. The second-order valence-corrected chi connectivity index (χ2v) is 10.7. The van der Waals surface area contributed by atoms with Crippen LogP contribution in [0, 0.1) is 0 Å². The van der Waals surface area contributed by atoms with Gasteiger partial charge in [0.2, 0.25) is 0 Å². The molecule has 3 heterocycles. The van der Waals surface area contributed by atoms with Crippen molar-refractivity contribution in [2.75, 3.05) is 43.1 Å². The maximum absolute atomic E-state index is 12.9. The number of amides is 2. The van der Waals surface area contributed by atoms with E-state index in [1.54, 1.807) is 26.0 Å². The van der Waals surface area contributed by atoms with Crippen LogP contribution in [0.4, 0.5) is 16.3 Å². The van der Waals surface area contributed by atoms with Crippen LogP contribution < -0.4 is 15.5 Å². The summed E-state index contributed by atoms with van der Waals surface area (Å²) in [5, 5.41) is 5.44. The number of morpholine rings is 1. The molecule has 1 fully saturated rings. The maximum atomic E-state index is 12.9. The molecular formula is C21H27N5O4S. The topological polar surface area (TPSA) is 114 Å². The molecule has 10 heteroatoms. The molecule has 0 bridgehead atoms. The summed E-state index contributed by atoms with van der Waals surface area (Å²) < 4.78 is 30.1. The van der Waals surface area contributed by atoms with Crippen LogP contribution in [0.5, 0.6) is 0 Å². The number of ether oxygens (including phenoxy) is 1. The number of aromatic nitrogens is 2. The maximum Gasteiger partial charge on any atom is 0.319 e. The largest absolute Gasteiger partial charge is 0.378 e. The molecule has 9 nitrogen and oxygen atoms in total. The molecule has 2 aromatic rings. The number of nitrogens with one attached hydrogen (secondary N) is 2. The summed E-state index contributed by atoms with van der Waals surface area (Å²) >= 11 is 0. The van der Waals surface area contributed by atoms with E-state index in [0.29, 0.717) is 61.4 Å². The molecule has 31 heavy (non-hydrogen) atoms. The molecule has 0 unspecified atom stereocenters. The molecule has 0 atom stereocenters. The number of carbonyl (C=O) groups excluding carboxylic acids is 1. The highest BCUT2D eigenvalue weighted by Gasteiger charge is 2.48. The average molecular weight is 446 g/mol. The Labute approximate surface area is 182 Å². The highest BCUT2D eigenvalue weighted by atomic mass is 32.2. The second kappa shape index (κ2) is 8.08. The van der Waals surface area contributed by atoms with Crippen LogP contribution in [0.25, 0.3) is 11.4 Å². The van der Waals surface area contributed by atoms with Gasteiger partial charge in [0.05, 0.1) is 24.7 Å². The van der Waals surface area contributed by atoms with Crippen molar-refractivity contribution in [2.45, 2.75) is 31.3 Å². The van der Waals surface area contributed by atoms with Crippen LogP contribution in [0.3, 0.4) is 0 Å². The van der Waals surface area contributed by atoms with Gasteiger partial charge in [-0.25, -0.2) is 23.2 Å². The fraction of sp³-hybridized carbons (Fsp3) is 0.476. The van der Waals surface area contributed by atoms with Gasteiger partial charge in [-0.15, -0.1) is 0 Å². The highest BCUT2D eigenvalue weighted by Crippen LogP contribution is 2.44. The van der Waals surface area contributed by atoms with Crippen molar-refractivity contribution < 1.29 is 17.9 Å². The van der Waals surface area contributed by atoms with E-state index in [9.17, 15) is 13.2 Å². The van der Waals surface area contributed by atoms with Crippen molar-refractivity contribution in [2.24, 2.45) is 0 Å². The lowest BCUT2D eigenvalue weighted by Crippen LogP contribution is -2.37. The van der Waals surface area contributed by atoms with Gasteiger partial charge in [-0.1, -0.05) is 0 Å². The Morgan fingerprint density at radius 3 is 2.48 bits per heavy atom. The van der Waals surface area contributed by atoms with Crippen molar-refractivity contribution in [1.82, 2.24) is 15.3 Å². The molecule has 2 N–H and O–H groups in total. The van der Waals surface area contributed by atoms with Gasteiger partial charge >= 0.3 is 6.03 Å². The van der Waals surface area contributed by atoms with E-state index in [2.05, 4.69) is 15.5 Å². The molecule has 0 saturated carbocycles. The van der Waals surface area contributed by atoms with Crippen LogP contribution >= 0.6 is 0 Å². The lowest BCUT2D eigenvalue weighted by atomic mass is 10.0. The van der Waals surface area contributed by atoms with Crippen molar-refractivity contribution >= 4 is 27.4 Å². The van der Waals surface area contributed by atoms with Gasteiger partial charge in [0.25, 0.3) is 0 Å². The standard InChI is InChI=1S/C21H27N5O4S/c1-4-22-20(27)23-15-7-5-14(6-8-15)18-24-17-16(13-31(28,29)21(17,2)3)19(25-18)26-9-11-30-12-10-26/h5-8H,4,9-13H2,1-3H3,(H2,22,23,27). The molecule has 2 aliphatic heterocycles. The Kier molecular flexibility index (Phi) is 5.61. The van der Waals surface area contributed by atoms with Crippen LogP contribution in [0.15, 0.2) is 24.3 Å². The first-order chi connectivity index (χ1) is 14.7. The van der Waals surface area contributed by atoms with E-state index < -0.39 is 14.6 Å². The zero-order valence-corrected chi connectivity index (χ0v) is 18.8. The van der Waals surface area contributed by atoms with E-state index in [-0.39, 0.29) is 11.8 Å².